The minimum Gasteiger partial charge on any atom is -0.507 e. The maximum atomic E-state index is 9.69. The van der Waals surface area contributed by atoms with Gasteiger partial charge in [0.25, 0.3) is 0 Å². The molecule has 5 heteroatoms. The predicted molar refractivity (Wildman–Crippen MR) is 95.3 cm³/mol. The third-order valence-corrected chi connectivity index (χ3v) is 5.84. The van der Waals surface area contributed by atoms with Crippen molar-refractivity contribution in [3.8, 4) is 5.75 Å². The summed E-state index contributed by atoms with van der Waals surface area (Å²) in [6.07, 6.45) is 10.2. The number of aromatic hydroxyl groups is 1. The zero-order valence-corrected chi connectivity index (χ0v) is 13.7. The Kier molecular flexibility index (Phi) is 3.81. The Bertz CT molecular complexity index is 672. The molecule has 0 aromatic heterocycles. The molecular weight excluding hydrogens is 306 g/mol. The highest BCUT2D eigenvalue weighted by molar-refractivity contribution is 7.80. The summed E-state index contributed by atoms with van der Waals surface area (Å²) >= 11 is 5.36. The van der Waals surface area contributed by atoms with Gasteiger partial charge in [0.05, 0.1) is 6.21 Å². The highest BCUT2D eigenvalue weighted by Gasteiger charge is 2.52. The summed E-state index contributed by atoms with van der Waals surface area (Å²) in [5.74, 6) is 3.41. The molecule has 0 heterocycles. The molecule has 120 valence electrons. The lowest BCUT2D eigenvalue weighted by atomic mass is 9.79. The van der Waals surface area contributed by atoms with Gasteiger partial charge in [0.1, 0.15) is 5.75 Å². The van der Waals surface area contributed by atoms with E-state index in [9.17, 15) is 5.11 Å². The average molecular weight is 327 g/mol. The molecule has 2 fully saturated rings. The van der Waals surface area contributed by atoms with E-state index in [1.165, 1.54) is 19.3 Å². The van der Waals surface area contributed by atoms with Gasteiger partial charge in [-0.05, 0) is 67.3 Å². The minimum absolute atomic E-state index is 0.212. The highest BCUT2D eigenvalue weighted by Crippen LogP contribution is 2.56. The van der Waals surface area contributed by atoms with Crippen LogP contribution in [0.2, 0.25) is 0 Å². The van der Waals surface area contributed by atoms with Crippen LogP contribution in [0.4, 0.5) is 0 Å². The molecule has 23 heavy (non-hydrogen) atoms. The summed E-state index contributed by atoms with van der Waals surface area (Å²) in [7, 11) is 0. The van der Waals surface area contributed by atoms with Crippen LogP contribution in [0.3, 0.4) is 0 Å². The van der Waals surface area contributed by atoms with Crippen LogP contribution in [0.15, 0.2) is 41.5 Å². The number of thiocarbonyl (C=S) groups is 1. The van der Waals surface area contributed by atoms with Crippen molar-refractivity contribution in [2.45, 2.75) is 25.3 Å². The van der Waals surface area contributed by atoms with Gasteiger partial charge in [0.2, 0.25) is 0 Å². The van der Waals surface area contributed by atoms with Crippen LogP contribution in [0, 0.1) is 23.7 Å². The van der Waals surface area contributed by atoms with E-state index in [0.717, 1.165) is 17.8 Å². The Labute approximate surface area is 141 Å². The Morgan fingerprint density at radius 1 is 1.26 bits per heavy atom. The number of para-hydroxylation sites is 1. The van der Waals surface area contributed by atoms with Gasteiger partial charge in [0.15, 0.2) is 5.11 Å². The van der Waals surface area contributed by atoms with Crippen LogP contribution in [-0.4, -0.2) is 22.5 Å². The van der Waals surface area contributed by atoms with Gasteiger partial charge >= 0.3 is 0 Å². The molecule has 2 bridgehead atoms. The molecule has 0 aliphatic heterocycles. The second-order valence-corrected chi connectivity index (χ2v) is 7.22. The summed E-state index contributed by atoms with van der Waals surface area (Å²) in [5.41, 5.74) is 3.53. The first-order valence-electron chi connectivity index (χ1n) is 8.26. The third-order valence-electron chi connectivity index (χ3n) is 5.63. The van der Waals surface area contributed by atoms with Crippen molar-refractivity contribution in [1.29, 1.82) is 0 Å². The van der Waals surface area contributed by atoms with Gasteiger partial charge in [-0.15, -0.1) is 0 Å². The molecule has 2 saturated carbocycles. The zero-order chi connectivity index (χ0) is 15.8. The third kappa shape index (κ3) is 2.74. The van der Waals surface area contributed by atoms with Crippen molar-refractivity contribution in [2.75, 3.05) is 0 Å². The normalized spacial score (nSPS) is 34.0. The number of hydrogen-bond acceptors (Lipinski definition) is 3. The number of hydrazone groups is 1. The smallest absolute Gasteiger partial charge is 0.187 e. The molecule has 0 radical (unpaired) electrons. The van der Waals surface area contributed by atoms with Crippen LogP contribution in [0.25, 0.3) is 0 Å². The molecule has 4 rings (SSSR count). The number of phenolic OH excluding ortho intramolecular Hbond substituents is 1. The van der Waals surface area contributed by atoms with Gasteiger partial charge in [-0.2, -0.15) is 5.10 Å². The Morgan fingerprint density at radius 2 is 2.13 bits per heavy atom. The molecule has 0 spiro atoms. The van der Waals surface area contributed by atoms with E-state index in [1.54, 1.807) is 24.4 Å². The van der Waals surface area contributed by atoms with E-state index in [1.807, 2.05) is 6.07 Å². The van der Waals surface area contributed by atoms with Gasteiger partial charge in [-0.3, -0.25) is 5.43 Å². The van der Waals surface area contributed by atoms with Crippen molar-refractivity contribution >= 4 is 23.5 Å². The van der Waals surface area contributed by atoms with Crippen molar-refractivity contribution in [2.24, 2.45) is 28.8 Å². The first-order valence-corrected chi connectivity index (χ1v) is 8.67. The Balaban J connectivity index is 1.31. The lowest BCUT2D eigenvalue weighted by Crippen LogP contribution is -2.45. The Hall–Kier alpha value is -1.88. The van der Waals surface area contributed by atoms with Gasteiger partial charge in [-0.25, -0.2) is 0 Å². The lowest BCUT2D eigenvalue weighted by Gasteiger charge is -2.32. The Morgan fingerprint density at radius 3 is 3.00 bits per heavy atom. The molecule has 0 saturated heterocycles. The fourth-order valence-corrected chi connectivity index (χ4v) is 4.87. The van der Waals surface area contributed by atoms with Crippen LogP contribution in [-0.2, 0) is 0 Å². The number of benzene rings is 1. The predicted octanol–water partition coefficient (Wildman–Crippen LogP) is 2.79. The standard InChI is InChI=1S/C18H21N3OS/c22-17-7-2-1-4-11(17)10-19-21-18(23)20-16-9-12-8-15(16)14-6-3-5-13(12)14/h1-4,6-7,10,12-16,22H,5,8-9H2,(H2,20,21,23)/b19-10-. The summed E-state index contributed by atoms with van der Waals surface area (Å²) in [6.45, 7) is 0. The fraction of sp³-hybridized carbons (Fsp3) is 0.444. The summed E-state index contributed by atoms with van der Waals surface area (Å²) in [4.78, 5) is 0. The molecular formula is C18H21N3OS. The average Bonchev–Trinajstić information content (AvgIpc) is 3.21. The van der Waals surface area contributed by atoms with Crippen LogP contribution in [0.1, 0.15) is 24.8 Å². The number of phenols is 1. The van der Waals surface area contributed by atoms with Crippen molar-refractivity contribution in [1.82, 2.24) is 10.7 Å². The summed E-state index contributed by atoms with van der Waals surface area (Å²) in [6, 6.07) is 7.55. The quantitative estimate of drug-likeness (QED) is 0.346. The second-order valence-electron chi connectivity index (χ2n) is 6.81. The summed E-state index contributed by atoms with van der Waals surface area (Å²) in [5, 5.41) is 17.8. The molecule has 3 N–H and O–H groups in total. The zero-order valence-electron chi connectivity index (χ0n) is 12.9. The maximum absolute atomic E-state index is 9.69. The van der Waals surface area contributed by atoms with Crippen LogP contribution < -0.4 is 10.7 Å². The van der Waals surface area contributed by atoms with Crippen molar-refractivity contribution in [3.05, 3.63) is 42.0 Å². The van der Waals surface area contributed by atoms with Gasteiger partial charge < -0.3 is 10.4 Å². The molecule has 3 aliphatic rings. The molecule has 4 nitrogen and oxygen atoms in total. The van der Waals surface area contributed by atoms with Gasteiger partial charge in [0, 0.05) is 11.6 Å². The van der Waals surface area contributed by atoms with E-state index < -0.39 is 0 Å². The molecule has 1 aromatic carbocycles. The maximum Gasteiger partial charge on any atom is 0.187 e. The number of allylic oxidation sites excluding steroid dienone is 2. The number of rotatable bonds is 3. The van der Waals surface area contributed by atoms with Gasteiger partial charge in [-0.1, -0.05) is 24.3 Å². The van der Waals surface area contributed by atoms with E-state index >= 15 is 0 Å². The van der Waals surface area contributed by atoms with Crippen LogP contribution >= 0.6 is 12.2 Å². The van der Waals surface area contributed by atoms with E-state index in [4.69, 9.17) is 12.2 Å². The van der Waals surface area contributed by atoms with Crippen molar-refractivity contribution < 1.29 is 5.11 Å². The summed E-state index contributed by atoms with van der Waals surface area (Å²) < 4.78 is 0. The molecule has 5 unspecified atom stereocenters. The monoisotopic (exact) mass is 327 g/mol. The van der Waals surface area contributed by atoms with E-state index in [-0.39, 0.29) is 5.75 Å². The number of hydrogen-bond donors (Lipinski definition) is 3. The van der Waals surface area contributed by atoms with E-state index in [2.05, 4.69) is 28.0 Å². The number of nitrogens with one attached hydrogen (secondary N) is 2. The molecule has 3 aliphatic carbocycles. The fourth-order valence-electron chi connectivity index (χ4n) is 4.67. The minimum atomic E-state index is 0.212. The number of nitrogens with zero attached hydrogens (tertiary/aromatic N) is 1. The second kappa shape index (κ2) is 5.96. The highest BCUT2D eigenvalue weighted by atomic mass is 32.1. The molecule has 0 amide bonds. The SMILES string of the molecule is Oc1ccccc1/C=N\NC(=S)NC1CC2CC1C1C=CCC21. The first kappa shape index (κ1) is 14.7. The number of fused-ring (bicyclic) bond motifs is 5. The largest absolute Gasteiger partial charge is 0.507 e. The first-order chi connectivity index (χ1) is 11.2. The van der Waals surface area contributed by atoms with Crippen LogP contribution in [0.5, 0.6) is 5.75 Å². The lowest BCUT2D eigenvalue weighted by molar-refractivity contribution is 0.246. The van der Waals surface area contributed by atoms with E-state index in [0.29, 0.717) is 22.6 Å². The topological polar surface area (TPSA) is 56.7 Å². The molecule has 1 aromatic rings. The molecule has 5 atom stereocenters. The van der Waals surface area contributed by atoms with Crippen molar-refractivity contribution in [3.63, 3.8) is 0 Å².